The van der Waals surface area contributed by atoms with Crippen molar-refractivity contribution in [2.75, 3.05) is 13.1 Å². The zero-order valence-electron chi connectivity index (χ0n) is 10.9. The van der Waals surface area contributed by atoms with Crippen LogP contribution in [-0.2, 0) is 4.79 Å². The number of carbonyl (C=O) groups is 2. The lowest BCUT2D eigenvalue weighted by Gasteiger charge is -2.34. The lowest BCUT2D eigenvalue weighted by Crippen LogP contribution is -2.48. The van der Waals surface area contributed by atoms with Gasteiger partial charge in [0, 0.05) is 12.6 Å². The van der Waals surface area contributed by atoms with E-state index in [1.807, 2.05) is 4.90 Å². The number of nitrogens with one attached hydrogen (secondary N) is 1. The van der Waals surface area contributed by atoms with Crippen LogP contribution in [0.4, 0.5) is 4.79 Å². The lowest BCUT2D eigenvalue weighted by atomic mass is 9.94. The predicted molar refractivity (Wildman–Crippen MR) is 67.9 cm³/mol. The highest BCUT2D eigenvalue weighted by molar-refractivity contribution is 5.94. The molecule has 3 amide bonds. The molecule has 0 aromatic heterocycles. The number of aliphatic hydroxyl groups is 1. The second-order valence-electron chi connectivity index (χ2n) is 4.98. The van der Waals surface area contributed by atoms with Crippen LogP contribution in [0.15, 0.2) is 0 Å². The van der Waals surface area contributed by atoms with Crippen molar-refractivity contribution in [1.29, 1.82) is 0 Å². The Balaban J connectivity index is 2.53. The van der Waals surface area contributed by atoms with Crippen molar-refractivity contribution in [3.05, 3.63) is 0 Å². The van der Waals surface area contributed by atoms with Crippen molar-refractivity contribution >= 4 is 11.9 Å². The van der Waals surface area contributed by atoms with E-state index in [0.29, 0.717) is 12.6 Å². The molecule has 4 N–H and O–H groups in total. The van der Waals surface area contributed by atoms with Crippen molar-refractivity contribution in [1.82, 2.24) is 10.2 Å². The third kappa shape index (κ3) is 5.46. The average Bonchev–Trinajstić information content (AvgIpc) is 2.27. The van der Waals surface area contributed by atoms with Crippen LogP contribution in [0.2, 0.25) is 0 Å². The molecular formula is C12H23N3O3. The summed E-state index contributed by atoms with van der Waals surface area (Å²) >= 11 is 0. The minimum atomic E-state index is -0.833. The van der Waals surface area contributed by atoms with Crippen LogP contribution in [-0.4, -0.2) is 47.2 Å². The number of carbonyl (C=O) groups excluding carboxylic acids is 2. The molecule has 0 bridgehead atoms. The van der Waals surface area contributed by atoms with Gasteiger partial charge in [-0.15, -0.1) is 0 Å². The van der Waals surface area contributed by atoms with Gasteiger partial charge in [-0.05, 0) is 19.8 Å². The van der Waals surface area contributed by atoms with E-state index >= 15 is 0 Å². The van der Waals surface area contributed by atoms with E-state index in [9.17, 15) is 14.7 Å². The zero-order valence-corrected chi connectivity index (χ0v) is 10.9. The number of hydrogen-bond donors (Lipinski definition) is 3. The minimum absolute atomic E-state index is 0.110. The summed E-state index contributed by atoms with van der Waals surface area (Å²) in [5, 5.41) is 11.5. The number of hydrogen-bond acceptors (Lipinski definition) is 4. The van der Waals surface area contributed by atoms with Gasteiger partial charge < -0.3 is 10.8 Å². The Morgan fingerprint density at radius 2 is 2.00 bits per heavy atom. The van der Waals surface area contributed by atoms with Gasteiger partial charge in [-0.1, -0.05) is 19.3 Å². The average molecular weight is 257 g/mol. The van der Waals surface area contributed by atoms with Crippen LogP contribution < -0.4 is 11.1 Å². The Kier molecular flexibility index (Phi) is 6.07. The molecule has 0 spiro atoms. The van der Waals surface area contributed by atoms with E-state index in [0.717, 1.165) is 25.7 Å². The first-order chi connectivity index (χ1) is 8.49. The van der Waals surface area contributed by atoms with Crippen LogP contribution in [0, 0.1) is 0 Å². The summed E-state index contributed by atoms with van der Waals surface area (Å²) < 4.78 is 0. The topological polar surface area (TPSA) is 95.7 Å². The molecule has 1 unspecified atom stereocenters. The van der Waals surface area contributed by atoms with Crippen LogP contribution in [0.5, 0.6) is 0 Å². The van der Waals surface area contributed by atoms with Crippen molar-refractivity contribution < 1.29 is 14.7 Å². The second kappa shape index (κ2) is 7.33. The zero-order chi connectivity index (χ0) is 13.5. The predicted octanol–water partition coefficient (Wildman–Crippen LogP) is 0.197. The highest BCUT2D eigenvalue weighted by Crippen LogP contribution is 2.22. The first kappa shape index (κ1) is 14.9. The van der Waals surface area contributed by atoms with Gasteiger partial charge in [0.25, 0.3) is 0 Å². The molecule has 18 heavy (non-hydrogen) atoms. The summed E-state index contributed by atoms with van der Waals surface area (Å²) in [6.45, 7) is 2.25. The van der Waals surface area contributed by atoms with Crippen LogP contribution >= 0.6 is 0 Å². The van der Waals surface area contributed by atoms with Gasteiger partial charge in [0.05, 0.1) is 12.6 Å². The second-order valence-corrected chi connectivity index (χ2v) is 4.98. The Labute approximate surface area is 108 Å². The SMILES string of the molecule is CC(O)CN(CC(=O)NC(N)=O)C1CCCCC1. The van der Waals surface area contributed by atoms with Crippen molar-refractivity contribution in [3.63, 3.8) is 0 Å². The number of urea groups is 1. The molecule has 1 atom stereocenters. The molecule has 0 aromatic rings. The number of rotatable bonds is 5. The van der Waals surface area contributed by atoms with Crippen LogP contribution in [0.3, 0.4) is 0 Å². The number of nitrogens with two attached hydrogens (primary N) is 1. The molecule has 1 aliphatic carbocycles. The molecule has 1 rings (SSSR count). The Hall–Kier alpha value is -1.14. The van der Waals surface area contributed by atoms with Crippen molar-refractivity contribution in [2.24, 2.45) is 5.73 Å². The number of imide groups is 1. The number of amides is 3. The highest BCUT2D eigenvalue weighted by Gasteiger charge is 2.24. The lowest BCUT2D eigenvalue weighted by molar-refractivity contribution is -0.122. The third-order valence-corrected chi connectivity index (χ3v) is 3.20. The number of nitrogens with zero attached hydrogens (tertiary/aromatic N) is 1. The maximum Gasteiger partial charge on any atom is 0.318 e. The van der Waals surface area contributed by atoms with E-state index in [1.54, 1.807) is 6.92 Å². The van der Waals surface area contributed by atoms with E-state index in [4.69, 9.17) is 5.73 Å². The third-order valence-electron chi connectivity index (χ3n) is 3.20. The maximum atomic E-state index is 11.6. The molecule has 1 fully saturated rings. The fourth-order valence-corrected chi connectivity index (χ4v) is 2.49. The van der Waals surface area contributed by atoms with Gasteiger partial charge in [0.1, 0.15) is 0 Å². The Morgan fingerprint density at radius 1 is 1.39 bits per heavy atom. The number of primary amides is 1. The Bertz CT molecular complexity index is 288. The van der Waals surface area contributed by atoms with E-state index < -0.39 is 18.0 Å². The summed E-state index contributed by atoms with van der Waals surface area (Å²) in [6, 6.07) is -0.521. The normalized spacial score (nSPS) is 18.6. The summed E-state index contributed by atoms with van der Waals surface area (Å²) in [6.07, 6.45) is 5.12. The van der Waals surface area contributed by atoms with Gasteiger partial charge in [0.15, 0.2) is 0 Å². The molecule has 0 radical (unpaired) electrons. The van der Waals surface area contributed by atoms with Gasteiger partial charge >= 0.3 is 6.03 Å². The van der Waals surface area contributed by atoms with Crippen molar-refractivity contribution in [2.45, 2.75) is 51.2 Å². The first-order valence-electron chi connectivity index (χ1n) is 6.50. The largest absolute Gasteiger partial charge is 0.392 e. The molecule has 6 heteroatoms. The summed E-state index contributed by atoms with van der Waals surface area (Å²) in [4.78, 5) is 24.1. The molecule has 6 nitrogen and oxygen atoms in total. The molecule has 0 aromatic carbocycles. The molecule has 0 aliphatic heterocycles. The first-order valence-corrected chi connectivity index (χ1v) is 6.50. The standard InChI is InChI=1S/C12H23N3O3/c1-9(16)7-15(8-11(17)14-12(13)18)10-5-3-2-4-6-10/h9-10,16H,2-8H2,1H3,(H3,13,14,17,18). The molecule has 104 valence electrons. The number of aliphatic hydroxyl groups excluding tert-OH is 1. The van der Waals surface area contributed by atoms with E-state index in [2.05, 4.69) is 5.32 Å². The fourth-order valence-electron chi connectivity index (χ4n) is 2.49. The Morgan fingerprint density at radius 3 is 2.50 bits per heavy atom. The molecule has 1 aliphatic rings. The molecule has 0 heterocycles. The molecule has 1 saturated carbocycles. The summed E-state index contributed by atoms with van der Waals surface area (Å²) in [7, 11) is 0. The minimum Gasteiger partial charge on any atom is -0.392 e. The highest BCUT2D eigenvalue weighted by atomic mass is 16.3. The van der Waals surface area contributed by atoms with E-state index in [-0.39, 0.29) is 6.54 Å². The summed E-state index contributed by atoms with van der Waals surface area (Å²) in [5.74, 6) is -0.409. The van der Waals surface area contributed by atoms with E-state index in [1.165, 1.54) is 6.42 Å². The van der Waals surface area contributed by atoms with Gasteiger partial charge in [0.2, 0.25) is 5.91 Å². The van der Waals surface area contributed by atoms with Gasteiger partial charge in [-0.25, -0.2) is 4.79 Å². The van der Waals surface area contributed by atoms with Crippen LogP contribution in [0.1, 0.15) is 39.0 Å². The summed E-state index contributed by atoms with van der Waals surface area (Å²) in [5.41, 5.74) is 4.91. The van der Waals surface area contributed by atoms with Gasteiger partial charge in [-0.3, -0.25) is 15.0 Å². The fraction of sp³-hybridized carbons (Fsp3) is 0.833. The molecular weight excluding hydrogens is 234 g/mol. The quantitative estimate of drug-likeness (QED) is 0.655. The molecule has 0 saturated heterocycles. The monoisotopic (exact) mass is 257 g/mol. The maximum absolute atomic E-state index is 11.6. The van der Waals surface area contributed by atoms with Crippen LogP contribution in [0.25, 0.3) is 0 Å². The van der Waals surface area contributed by atoms with Crippen molar-refractivity contribution in [3.8, 4) is 0 Å². The smallest absolute Gasteiger partial charge is 0.318 e. The van der Waals surface area contributed by atoms with Gasteiger partial charge in [-0.2, -0.15) is 0 Å².